The van der Waals surface area contributed by atoms with Crippen LogP contribution >= 0.6 is 0 Å². The molecule has 0 unspecified atom stereocenters. The van der Waals surface area contributed by atoms with Crippen molar-refractivity contribution in [1.82, 2.24) is 14.5 Å². The fourth-order valence-corrected chi connectivity index (χ4v) is 3.46. The number of fused-ring (bicyclic) bond motifs is 1. The van der Waals surface area contributed by atoms with E-state index < -0.39 is 0 Å². The van der Waals surface area contributed by atoms with Crippen LogP contribution in [0.4, 0.5) is 0 Å². The molecule has 122 valence electrons. The predicted octanol–water partition coefficient (Wildman–Crippen LogP) is 3.32. The van der Waals surface area contributed by atoms with Gasteiger partial charge in [0.2, 0.25) is 0 Å². The maximum atomic E-state index is 13.1. The maximum absolute atomic E-state index is 13.1. The van der Waals surface area contributed by atoms with Crippen molar-refractivity contribution < 1.29 is 9.53 Å². The molecule has 0 aliphatic carbocycles. The number of nitrogens with zero attached hydrogens (tertiary/aromatic N) is 3. The summed E-state index contributed by atoms with van der Waals surface area (Å²) in [6, 6.07) is 15.7. The lowest BCUT2D eigenvalue weighted by molar-refractivity contribution is 0.0726. The second kappa shape index (κ2) is 6.00. The Balaban J connectivity index is 1.69. The van der Waals surface area contributed by atoms with Crippen LogP contribution in [0.5, 0.6) is 5.75 Å². The summed E-state index contributed by atoms with van der Waals surface area (Å²) in [7, 11) is 1.66. The molecule has 5 nitrogen and oxygen atoms in total. The quantitative estimate of drug-likeness (QED) is 0.743. The van der Waals surface area contributed by atoms with Crippen LogP contribution in [0, 0.1) is 0 Å². The lowest BCUT2D eigenvalue weighted by Crippen LogP contribution is -2.32. The third-order valence-corrected chi connectivity index (χ3v) is 4.63. The number of pyridine rings is 1. The summed E-state index contributed by atoms with van der Waals surface area (Å²) in [6.45, 7) is 0.762. The molecule has 0 saturated carbocycles. The van der Waals surface area contributed by atoms with E-state index in [1.165, 1.54) is 0 Å². The first-order chi connectivity index (χ1) is 11.8. The first-order valence-corrected chi connectivity index (χ1v) is 8.15. The van der Waals surface area contributed by atoms with E-state index in [0.717, 1.165) is 36.2 Å². The molecule has 3 heterocycles. The number of hydrogen-bond acceptors (Lipinski definition) is 3. The van der Waals surface area contributed by atoms with E-state index in [4.69, 9.17) is 4.74 Å². The second-order valence-corrected chi connectivity index (χ2v) is 6.01. The molecule has 1 aliphatic heterocycles. The lowest BCUT2D eigenvalue weighted by Gasteiger charge is -2.25. The Morgan fingerprint density at radius 2 is 2.08 bits per heavy atom. The molecule has 1 aromatic carbocycles. The van der Waals surface area contributed by atoms with Crippen molar-refractivity contribution in [3.63, 3.8) is 0 Å². The van der Waals surface area contributed by atoms with Crippen molar-refractivity contribution in [2.45, 2.75) is 18.9 Å². The highest BCUT2D eigenvalue weighted by molar-refractivity contribution is 5.93. The molecule has 3 aromatic rings. The molecule has 0 bridgehead atoms. The molecular weight excluding hydrogens is 302 g/mol. The maximum Gasteiger partial charge on any atom is 0.273 e. The van der Waals surface area contributed by atoms with E-state index in [1.807, 2.05) is 47.4 Å². The molecule has 4 rings (SSSR count). The average Bonchev–Trinajstić information content (AvgIpc) is 3.29. The fraction of sp³-hybridized carbons (Fsp3) is 0.263. The van der Waals surface area contributed by atoms with Gasteiger partial charge in [-0.1, -0.05) is 18.2 Å². The lowest BCUT2D eigenvalue weighted by atomic mass is 10.0. The van der Waals surface area contributed by atoms with Gasteiger partial charge in [0.25, 0.3) is 5.91 Å². The number of carbonyl (C=O) groups excluding carboxylic acids is 1. The summed E-state index contributed by atoms with van der Waals surface area (Å²) in [6.07, 6.45) is 3.69. The topological polar surface area (TPSA) is 46.8 Å². The van der Waals surface area contributed by atoms with Crippen LogP contribution in [0.1, 0.15) is 34.9 Å². The highest BCUT2D eigenvalue weighted by Crippen LogP contribution is 2.34. The van der Waals surface area contributed by atoms with Gasteiger partial charge in [0.1, 0.15) is 11.4 Å². The first kappa shape index (κ1) is 14.8. The zero-order valence-corrected chi connectivity index (χ0v) is 13.6. The Morgan fingerprint density at radius 1 is 1.21 bits per heavy atom. The summed E-state index contributed by atoms with van der Waals surface area (Å²) in [5.74, 6) is 0.843. The number of aromatic nitrogens is 2. The number of ether oxygens (including phenoxy) is 1. The number of rotatable bonds is 3. The van der Waals surface area contributed by atoms with Gasteiger partial charge in [0, 0.05) is 6.54 Å². The molecule has 1 atom stereocenters. The number of hydrogen-bond donors (Lipinski definition) is 0. The SMILES string of the molecule is COc1cccc([C@@H]2CCCN2C(=O)c2cccc3ccnn23)c1. The second-order valence-electron chi connectivity index (χ2n) is 6.01. The molecule has 1 saturated heterocycles. The molecule has 2 aromatic heterocycles. The standard InChI is InChI=1S/C19H19N3O2/c1-24-16-7-2-5-14(13-16)17-9-4-12-21(17)19(23)18-8-3-6-15-10-11-20-22(15)18/h2-3,5-8,10-11,13,17H,4,9,12H2,1H3/t17-/m0/s1. The molecule has 1 fully saturated rings. The van der Waals surface area contributed by atoms with Crippen molar-refractivity contribution in [3.8, 4) is 5.75 Å². The zero-order chi connectivity index (χ0) is 16.5. The van der Waals surface area contributed by atoms with Gasteiger partial charge >= 0.3 is 0 Å². The van der Waals surface area contributed by atoms with E-state index in [0.29, 0.717) is 5.69 Å². The predicted molar refractivity (Wildman–Crippen MR) is 91.2 cm³/mol. The molecule has 24 heavy (non-hydrogen) atoms. The van der Waals surface area contributed by atoms with Gasteiger partial charge in [-0.25, -0.2) is 4.52 Å². The molecule has 0 N–H and O–H groups in total. The third-order valence-electron chi connectivity index (χ3n) is 4.63. The highest BCUT2D eigenvalue weighted by atomic mass is 16.5. The monoisotopic (exact) mass is 321 g/mol. The van der Waals surface area contributed by atoms with Crippen LogP contribution in [0.3, 0.4) is 0 Å². The summed E-state index contributed by atoms with van der Waals surface area (Å²) in [5, 5.41) is 4.29. The molecule has 5 heteroatoms. The van der Waals surface area contributed by atoms with Gasteiger partial charge < -0.3 is 9.64 Å². The average molecular weight is 321 g/mol. The number of carbonyl (C=O) groups is 1. The van der Waals surface area contributed by atoms with Crippen LogP contribution in [0.25, 0.3) is 5.52 Å². The Bertz CT molecular complexity index is 887. The van der Waals surface area contributed by atoms with E-state index >= 15 is 0 Å². The summed E-state index contributed by atoms with van der Waals surface area (Å²) in [5.41, 5.74) is 2.65. The van der Waals surface area contributed by atoms with Gasteiger partial charge in [0.15, 0.2) is 0 Å². The van der Waals surface area contributed by atoms with Gasteiger partial charge in [-0.15, -0.1) is 0 Å². The molecule has 1 aliphatic rings. The van der Waals surface area contributed by atoms with Gasteiger partial charge in [-0.2, -0.15) is 5.10 Å². The summed E-state index contributed by atoms with van der Waals surface area (Å²) < 4.78 is 7.04. The summed E-state index contributed by atoms with van der Waals surface area (Å²) >= 11 is 0. The number of likely N-dealkylation sites (tertiary alicyclic amines) is 1. The third kappa shape index (κ3) is 2.42. The minimum absolute atomic E-state index is 0.0228. The van der Waals surface area contributed by atoms with Crippen LogP contribution < -0.4 is 4.74 Å². The largest absolute Gasteiger partial charge is 0.497 e. The van der Waals surface area contributed by atoms with Crippen molar-refractivity contribution in [1.29, 1.82) is 0 Å². The summed E-state index contributed by atoms with van der Waals surface area (Å²) in [4.78, 5) is 15.1. The number of benzene rings is 1. The normalized spacial score (nSPS) is 17.4. The fourth-order valence-electron chi connectivity index (χ4n) is 3.46. The molecular formula is C19H19N3O2. The van der Waals surface area contributed by atoms with Crippen molar-refractivity contribution in [2.75, 3.05) is 13.7 Å². The Morgan fingerprint density at radius 3 is 2.96 bits per heavy atom. The number of methoxy groups -OCH3 is 1. The van der Waals surface area contributed by atoms with E-state index in [2.05, 4.69) is 11.2 Å². The van der Waals surface area contributed by atoms with Gasteiger partial charge in [0.05, 0.1) is 24.9 Å². The van der Waals surface area contributed by atoms with Crippen molar-refractivity contribution in [2.24, 2.45) is 0 Å². The number of amides is 1. The van der Waals surface area contributed by atoms with E-state index in [9.17, 15) is 4.79 Å². The molecule has 0 radical (unpaired) electrons. The Labute approximate surface area is 140 Å². The van der Waals surface area contributed by atoms with Crippen LogP contribution in [-0.2, 0) is 0 Å². The van der Waals surface area contributed by atoms with Crippen molar-refractivity contribution in [3.05, 3.63) is 66.0 Å². The highest BCUT2D eigenvalue weighted by Gasteiger charge is 2.31. The minimum Gasteiger partial charge on any atom is -0.497 e. The van der Waals surface area contributed by atoms with Crippen LogP contribution in [0.15, 0.2) is 54.7 Å². The zero-order valence-electron chi connectivity index (χ0n) is 13.6. The molecule has 1 amide bonds. The van der Waals surface area contributed by atoms with E-state index in [-0.39, 0.29) is 11.9 Å². The van der Waals surface area contributed by atoms with Crippen LogP contribution in [0.2, 0.25) is 0 Å². The first-order valence-electron chi connectivity index (χ1n) is 8.15. The molecule has 0 spiro atoms. The Kier molecular flexibility index (Phi) is 3.69. The van der Waals surface area contributed by atoms with Gasteiger partial charge in [-0.05, 0) is 48.7 Å². The van der Waals surface area contributed by atoms with Gasteiger partial charge in [-0.3, -0.25) is 4.79 Å². The minimum atomic E-state index is 0.0228. The van der Waals surface area contributed by atoms with Crippen molar-refractivity contribution >= 4 is 11.4 Å². The van der Waals surface area contributed by atoms with Crippen LogP contribution in [-0.4, -0.2) is 34.1 Å². The Hall–Kier alpha value is -2.82. The van der Waals surface area contributed by atoms with E-state index in [1.54, 1.807) is 17.8 Å². The smallest absolute Gasteiger partial charge is 0.273 e.